The Kier molecular flexibility index (Phi) is 5.16. The number of amides is 1. The summed E-state index contributed by atoms with van der Waals surface area (Å²) < 4.78 is 44.1. The minimum atomic E-state index is -4.49. The highest BCUT2D eigenvalue weighted by molar-refractivity contribution is 5.94. The second-order valence-corrected chi connectivity index (χ2v) is 6.62. The SMILES string of the molecule is Cc1[nH]c(-c2cccc(C(F)(F)F)c2)nc1C(=O)N1CC(C(=O)O)O[C@H](C)C1. The molecule has 1 unspecified atom stereocenters. The van der Waals surface area contributed by atoms with Gasteiger partial charge in [-0.25, -0.2) is 9.78 Å². The molecule has 1 aliphatic heterocycles. The molecule has 1 saturated heterocycles. The lowest BCUT2D eigenvalue weighted by molar-refractivity contribution is -0.160. The van der Waals surface area contributed by atoms with E-state index < -0.39 is 35.8 Å². The normalized spacial score (nSPS) is 20.2. The Morgan fingerprint density at radius 1 is 1.32 bits per heavy atom. The summed E-state index contributed by atoms with van der Waals surface area (Å²) in [7, 11) is 0. The molecule has 2 aromatic rings. The molecule has 1 aromatic carbocycles. The lowest BCUT2D eigenvalue weighted by Crippen LogP contribution is -2.52. The number of carboxylic acids is 1. The van der Waals surface area contributed by atoms with E-state index in [0.717, 1.165) is 12.1 Å². The molecule has 150 valence electrons. The Balaban J connectivity index is 1.88. The van der Waals surface area contributed by atoms with Crippen molar-refractivity contribution in [3.63, 3.8) is 0 Å². The number of aromatic amines is 1. The molecule has 1 amide bonds. The molecule has 0 saturated carbocycles. The first-order valence-corrected chi connectivity index (χ1v) is 8.48. The van der Waals surface area contributed by atoms with E-state index in [0.29, 0.717) is 5.69 Å². The van der Waals surface area contributed by atoms with Crippen LogP contribution in [0.25, 0.3) is 11.4 Å². The summed E-state index contributed by atoms with van der Waals surface area (Å²) in [6.45, 7) is 3.29. The first-order valence-electron chi connectivity index (χ1n) is 8.48. The van der Waals surface area contributed by atoms with Gasteiger partial charge in [-0.3, -0.25) is 4.79 Å². The fourth-order valence-corrected chi connectivity index (χ4v) is 3.05. The third-order valence-electron chi connectivity index (χ3n) is 4.37. The molecular weight excluding hydrogens is 379 g/mol. The summed E-state index contributed by atoms with van der Waals surface area (Å²) in [5, 5.41) is 9.15. The fraction of sp³-hybridized carbons (Fsp3) is 0.389. The van der Waals surface area contributed by atoms with E-state index in [1.807, 2.05) is 0 Å². The maximum absolute atomic E-state index is 12.9. The van der Waals surface area contributed by atoms with Crippen LogP contribution in [-0.2, 0) is 15.7 Å². The maximum atomic E-state index is 12.9. The minimum absolute atomic E-state index is 0.0330. The van der Waals surface area contributed by atoms with Gasteiger partial charge in [0, 0.05) is 17.8 Å². The number of nitrogens with one attached hydrogen (secondary N) is 1. The number of ether oxygens (including phenoxy) is 1. The molecule has 7 nitrogen and oxygen atoms in total. The number of rotatable bonds is 3. The number of aromatic nitrogens is 2. The van der Waals surface area contributed by atoms with Crippen molar-refractivity contribution in [1.82, 2.24) is 14.9 Å². The fourth-order valence-electron chi connectivity index (χ4n) is 3.05. The molecule has 0 radical (unpaired) electrons. The van der Waals surface area contributed by atoms with Crippen LogP contribution in [0.4, 0.5) is 13.2 Å². The van der Waals surface area contributed by atoms with E-state index in [1.165, 1.54) is 17.0 Å². The summed E-state index contributed by atoms with van der Waals surface area (Å²) in [4.78, 5) is 32.3. The topological polar surface area (TPSA) is 95.5 Å². The van der Waals surface area contributed by atoms with Gasteiger partial charge in [-0.05, 0) is 26.0 Å². The van der Waals surface area contributed by atoms with Gasteiger partial charge >= 0.3 is 12.1 Å². The number of H-pyrrole nitrogens is 1. The number of aliphatic carboxylic acids is 1. The van der Waals surface area contributed by atoms with E-state index in [9.17, 15) is 22.8 Å². The first kappa shape index (κ1) is 19.9. The van der Waals surface area contributed by atoms with Gasteiger partial charge in [-0.15, -0.1) is 0 Å². The summed E-state index contributed by atoms with van der Waals surface area (Å²) in [5.41, 5.74) is -0.219. The summed E-state index contributed by atoms with van der Waals surface area (Å²) in [5.74, 6) is -1.55. The average molecular weight is 397 g/mol. The van der Waals surface area contributed by atoms with Crippen molar-refractivity contribution >= 4 is 11.9 Å². The second-order valence-electron chi connectivity index (χ2n) is 6.62. The molecule has 1 fully saturated rings. The molecule has 0 bridgehead atoms. The number of halogens is 3. The Labute approximate surface area is 158 Å². The number of carbonyl (C=O) groups is 2. The Morgan fingerprint density at radius 3 is 2.68 bits per heavy atom. The van der Waals surface area contributed by atoms with Gasteiger partial charge in [0.25, 0.3) is 5.91 Å². The van der Waals surface area contributed by atoms with Crippen LogP contribution in [0.2, 0.25) is 0 Å². The standard InChI is InChI=1S/C18H18F3N3O4/c1-9-7-24(8-13(28-9)17(26)27)16(25)14-10(2)22-15(23-14)11-4-3-5-12(6-11)18(19,20)21/h3-6,9,13H,7-8H2,1-2H3,(H,22,23)(H,26,27)/t9-,13?/m1/s1. The molecule has 0 aliphatic carbocycles. The molecule has 2 atom stereocenters. The zero-order valence-corrected chi connectivity index (χ0v) is 15.1. The highest BCUT2D eigenvalue weighted by atomic mass is 19.4. The van der Waals surface area contributed by atoms with Crippen molar-refractivity contribution in [1.29, 1.82) is 0 Å². The number of nitrogens with zero attached hydrogens (tertiary/aromatic N) is 2. The van der Waals surface area contributed by atoms with E-state index in [2.05, 4.69) is 9.97 Å². The minimum Gasteiger partial charge on any atom is -0.479 e. The van der Waals surface area contributed by atoms with Crippen molar-refractivity contribution in [2.24, 2.45) is 0 Å². The van der Waals surface area contributed by atoms with Gasteiger partial charge in [0.1, 0.15) is 11.5 Å². The number of morpholine rings is 1. The van der Waals surface area contributed by atoms with Crippen molar-refractivity contribution in [3.05, 3.63) is 41.2 Å². The Hall–Kier alpha value is -2.88. The summed E-state index contributed by atoms with van der Waals surface area (Å²) in [6, 6.07) is 4.62. The first-order chi connectivity index (χ1) is 13.1. The number of hydrogen-bond acceptors (Lipinski definition) is 4. The van der Waals surface area contributed by atoms with Gasteiger partial charge in [-0.1, -0.05) is 12.1 Å². The van der Waals surface area contributed by atoms with Gasteiger partial charge in [-0.2, -0.15) is 13.2 Å². The van der Waals surface area contributed by atoms with Crippen LogP contribution in [0.1, 0.15) is 28.7 Å². The Bertz CT molecular complexity index is 910. The number of alkyl halides is 3. The van der Waals surface area contributed by atoms with Crippen molar-refractivity contribution in [2.45, 2.75) is 32.2 Å². The highest BCUT2D eigenvalue weighted by Gasteiger charge is 2.35. The van der Waals surface area contributed by atoms with Gasteiger partial charge in [0.2, 0.25) is 0 Å². The molecule has 1 aliphatic rings. The van der Waals surface area contributed by atoms with Gasteiger partial charge < -0.3 is 19.7 Å². The van der Waals surface area contributed by atoms with Crippen molar-refractivity contribution in [3.8, 4) is 11.4 Å². The van der Waals surface area contributed by atoms with E-state index >= 15 is 0 Å². The smallest absolute Gasteiger partial charge is 0.416 e. The van der Waals surface area contributed by atoms with Gasteiger partial charge in [0.05, 0.1) is 18.2 Å². The zero-order chi connectivity index (χ0) is 20.6. The number of carbonyl (C=O) groups excluding carboxylic acids is 1. The Morgan fingerprint density at radius 2 is 2.04 bits per heavy atom. The second kappa shape index (κ2) is 7.27. The molecule has 0 spiro atoms. The van der Waals surface area contributed by atoms with Crippen LogP contribution < -0.4 is 0 Å². The maximum Gasteiger partial charge on any atom is 0.416 e. The highest BCUT2D eigenvalue weighted by Crippen LogP contribution is 2.31. The monoisotopic (exact) mass is 397 g/mol. The largest absolute Gasteiger partial charge is 0.479 e. The predicted octanol–water partition coefficient (Wildman–Crippen LogP) is 2.72. The van der Waals surface area contributed by atoms with Crippen molar-refractivity contribution in [2.75, 3.05) is 13.1 Å². The van der Waals surface area contributed by atoms with Crippen molar-refractivity contribution < 1.29 is 32.6 Å². The predicted molar refractivity (Wildman–Crippen MR) is 91.6 cm³/mol. The zero-order valence-electron chi connectivity index (χ0n) is 15.1. The van der Waals surface area contributed by atoms with Crippen LogP contribution in [0.3, 0.4) is 0 Å². The number of hydrogen-bond donors (Lipinski definition) is 2. The molecule has 3 rings (SSSR count). The number of benzene rings is 1. The van der Waals surface area contributed by atoms with Crippen LogP contribution >= 0.6 is 0 Å². The van der Waals surface area contributed by atoms with E-state index in [-0.39, 0.29) is 30.2 Å². The number of carboxylic acid groups (broad SMARTS) is 1. The van der Waals surface area contributed by atoms with E-state index in [4.69, 9.17) is 9.84 Å². The quantitative estimate of drug-likeness (QED) is 0.830. The lowest BCUT2D eigenvalue weighted by atomic mass is 10.1. The molecule has 28 heavy (non-hydrogen) atoms. The molecule has 1 aromatic heterocycles. The van der Waals surface area contributed by atoms with Gasteiger partial charge in [0.15, 0.2) is 6.10 Å². The summed E-state index contributed by atoms with van der Waals surface area (Å²) in [6.07, 6.45) is -6.11. The van der Waals surface area contributed by atoms with Crippen LogP contribution in [0.15, 0.2) is 24.3 Å². The molecule has 2 heterocycles. The van der Waals surface area contributed by atoms with Crippen LogP contribution in [0.5, 0.6) is 0 Å². The molecule has 10 heteroatoms. The number of aryl methyl sites for hydroxylation is 1. The van der Waals surface area contributed by atoms with E-state index in [1.54, 1.807) is 13.8 Å². The average Bonchev–Trinajstić information content (AvgIpc) is 3.01. The number of imidazole rings is 1. The summed E-state index contributed by atoms with van der Waals surface area (Å²) >= 11 is 0. The molecular formula is C18H18F3N3O4. The molecule has 2 N–H and O–H groups in total. The van der Waals surface area contributed by atoms with Crippen LogP contribution in [0, 0.1) is 6.92 Å². The van der Waals surface area contributed by atoms with Crippen LogP contribution in [-0.4, -0.2) is 57.1 Å². The third kappa shape index (κ3) is 4.01. The third-order valence-corrected chi connectivity index (χ3v) is 4.37. The lowest BCUT2D eigenvalue weighted by Gasteiger charge is -2.34.